The molecular formula is C23H24ClN3O2. The summed E-state index contributed by atoms with van der Waals surface area (Å²) in [6.07, 6.45) is 1.70. The molecule has 150 valence electrons. The molecule has 1 N–H and O–H groups in total. The predicted octanol–water partition coefficient (Wildman–Crippen LogP) is 5.03. The van der Waals surface area contributed by atoms with Gasteiger partial charge in [0.25, 0.3) is 5.91 Å². The Morgan fingerprint density at radius 2 is 1.83 bits per heavy atom. The lowest BCUT2D eigenvalue weighted by atomic mass is 10.0. The molecule has 1 fully saturated rings. The molecule has 1 aromatic heterocycles. The molecule has 1 amide bonds. The van der Waals surface area contributed by atoms with Crippen LogP contribution in [-0.4, -0.2) is 40.2 Å². The van der Waals surface area contributed by atoms with Crippen LogP contribution in [0.25, 0.3) is 11.3 Å². The van der Waals surface area contributed by atoms with E-state index in [0.29, 0.717) is 23.8 Å². The number of nitrogens with one attached hydrogen (secondary N) is 1. The molecule has 5 nitrogen and oxygen atoms in total. The maximum absolute atomic E-state index is 12.9. The lowest BCUT2D eigenvalue weighted by molar-refractivity contribution is 0.0590. The van der Waals surface area contributed by atoms with Gasteiger partial charge in [-0.1, -0.05) is 35.4 Å². The zero-order valence-electron chi connectivity index (χ0n) is 16.6. The Balaban J connectivity index is 1.37. The number of likely N-dealkylation sites (tertiary alicyclic amines) is 1. The van der Waals surface area contributed by atoms with Crippen LogP contribution in [0.2, 0.25) is 5.02 Å². The Labute approximate surface area is 175 Å². The number of hydrogen-bond donors (Lipinski definition) is 1. The van der Waals surface area contributed by atoms with Crippen LogP contribution in [0.3, 0.4) is 0 Å². The van der Waals surface area contributed by atoms with Crippen molar-refractivity contribution in [2.24, 2.45) is 0 Å². The Bertz CT molecular complexity index is 1010. The van der Waals surface area contributed by atoms with Crippen molar-refractivity contribution in [1.29, 1.82) is 0 Å². The van der Waals surface area contributed by atoms with Crippen molar-refractivity contribution in [1.82, 2.24) is 15.1 Å². The van der Waals surface area contributed by atoms with Crippen molar-refractivity contribution >= 4 is 17.5 Å². The van der Waals surface area contributed by atoms with E-state index in [1.807, 2.05) is 35.2 Å². The molecule has 29 heavy (non-hydrogen) atoms. The van der Waals surface area contributed by atoms with Crippen molar-refractivity contribution < 1.29 is 9.53 Å². The first-order chi connectivity index (χ1) is 14.0. The first-order valence-electron chi connectivity index (χ1n) is 9.84. The van der Waals surface area contributed by atoms with Gasteiger partial charge in [0.15, 0.2) is 0 Å². The van der Waals surface area contributed by atoms with E-state index < -0.39 is 0 Å². The highest BCUT2D eigenvalue weighted by Crippen LogP contribution is 2.25. The molecule has 1 aliphatic rings. The summed E-state index contributed by atoms with van der Waals surface area (Å²) in [6, 6.07) is 15.5. The average Bonchev–Trinajstić information content (AvgIpc) is 3.20. The molecule has 1 saturated heterocycles. The number of amides is 1. The molecule has 2 heterocycles. The molecule has 0 atom stereocenters. The molecular weight excluding hydrogens is 386 g/mol. The molecule has 6 heteroatoms. The fourth-order valence-electron chi connectivity index (χ4n) is 3.72. The van der Waals surface area contributed by atoms with Crippen LogP contribution in [-0.2, 0) is 0 Å². The summed E-state index contributed by atoms with van der Waals surface area (Å²) in [7, 11) is 0. The highest BCUT2D eigenvalue weighted by molar-refractivity contribution is 6.30. The normalized spacial score (nSPS) is 14.8. The first kappa shape index (κ1) is 19.5. The molecule has 0 unspecified atom stereocenters. The quantitative estimate of drug-likeness (QED) is 0.657. The number of carbonyl (C=O) groups is 1. The molecule has 0 aliphatic carbocycles. The zero-order valence-corrected chi connectivity index (χ0v) is 17.4. The number of aryl methyl sites for hydroxylation is 2. The second-order valence-electron chi connectivity index (χ2n) is 7.55. The van der Waals surface area contributed by atoms with Crippen molar-refractivity contribution in [2.45, 2.75) is 32.8 Å². The van der Waals surface area contributed by atoms with E-state index in [1.54, 1.807) is 0 Å². The molecule has 4 rings (SSSR count). The fraction of sp³-hybridized carbons (Fsp3) is 0.304. The number of aromatic amines is 1. The number of hydrogen-bond acceptors (Lipinski definition) is 3. The number of nitrogens with zero attached hydrogens (tertiary/aromatic N) is 2. The summed E-state index contributed by atoms with van der Waals surface area (Å²) in [5.74, 6) is 0.796. The van der Waals surface area contributed by atoms with Crippen molar-refractivity contribution in [2.75, 3.05) is 13.1 Å². The summed E-state index contributed by atoms with van der Waals surface area (Å²) in [4.78, 5) is 14.7. The van der Waals surface area contributed by atoms with Crippen LogP contribution in [0.15, 0.2) is 48.5 Å². The molecule has 1 aliphatic heterocycles. The predicted molar refractivity (Wildman–Crippen MR) is 115 cm³/mol. The van der Waals surface area contributed by atoms with Gasteiger partial charge < -0.3 is 9.64 Å². The summed E-state index contributed by atoms with van der Waals surface area (Å²) in [5, 5.41) is 7.97. The second-order valence-corrected chi connectivity index (χ2v) is 7.99. The van der Waals surface area contributed by atoms with Crippen LogP contribution in [0.5, 0.6) is 5.75 Å². The van der Waals surface area contributed by atoms with Gasteiger partial charge in [0.2, 0.25) is 0 Å². The minimum absolute atomic E-state index is 0.0153. The Kier molecular flexibility index (Phi) is 5.58. The van der Waals surface area contributed by atoms with Crippen molar-refractivity contribution in [3.05, 3.63) is 70.4 Å². The van der Waals surface area contributed by atoms with E-state index in [2.05, 4.69) is 42.2 Å². The Hall–Kier alpha value is -2.79. The zero-order chi connectivity index (χ0) is 20.4. The van der Waals surface area contributed by atoms with E-state index in [9.17, 15) is 4.79 Å². The summed E-state index contributed by atoms with van der Waals surface area (Å²) in [5.41, 5.74) is 4.72. The Morgan fingerprint density at radius 1 is 1.10 bits per heavy atom. The molecule has 3 aromatic rings. The monoisotopic (exact) mass is 409 g/mol. The van der Waals surface area contributed by atoms with Crippen molar-refractivity contribution in [3.8, 4) is 17.0 Å². The average molecular weight is 410 g/mol. The number of ether oxygens (including phenoxy) is 1. The number of piperidine rings is 1. The molecule has 0 saturated carbocycles. The number of H-pyrrole nitrogens is 1. The first-order valence-corrected chi connectivity index (χ1v) is 10.2. The van der Waals surface area contributed by atoms with E-state index >= 15 is 0 Å². The van der Waals surface area contributed by atoms with Gasteiger partial charge in [0.1, 0.15) is 17.5 Å². The van der Waals surface area contributed by atoms with E-state index in [1.165, 1.54) is 5.56 Å². The minimum Gasteiger partial charge on any atom is -0.490 e. The number of rotatable bonds is 4. The second kappa shape index (κ2) is 8.29. The number of halogens is 1. The fourth-order valence-corrected chi connectivity index (χ4v) is 3.85. The molecule has 2 aromatic carbocycles. The lowest BCUT2D eigenvalue weighted by Crippen LogP contribution is -2.41. The third kappa shape index (κ3) is 4.46. The van der Waals surface area contributed by atoms with Crippen LogP contribution in [0.4, 0.5) is 0 Å². The van der Waals surface area contributed by atoms with Gasteiger partial charge in [-0.15, -0.1) is 0 Å². The topological polar surface area (TPSA) is 58.2 Å². The van der Waals surface area contributed by atoms with Crippen molar-refractivity contribution in [3.63, 3.8) is 0 Å². The van der Waals surface area contributed by atoms with Crippen LogP contribution in [0.1, 0.15) is 34.5 Å². The number of benzene rings is 2. The SMILES string of the molecule is Cc1ccc(-c2cc(C(=O)N3CCC(Oc4ccc(Cl)cc4)CC3)[nH]n2)c(C)c1. The van der Waals surface area contributed by atoms with Gasteiger partial charge in [-0.2, -0.15) is 5.10 Å². The van der Waals surface area contributed by atoms with E-state index in [-0.39, 0.29) is 12.0 Å². The lowest BCUT2D eigenvalue weighted by Gasteiger charge is -2.31. The summed E-state index contributed by atoms with van der Waals surface area (Å²) in [6.45, 7) is 5.45. The van der Waals surface area contributed by atoms with Gasteiger partial charge in [-0.05, 0) is 49.7 Å². The van der Waals surface area contributed by atoms with Gasteiger partial charge in [0, 0.05) is 36.5 Å². The Morgan fingerprint density at radius 3 is 2.52 bits per heavy atom. The van der Waals surface area contributed by atoms with Crippen LogP contribution in [0, 0.1) is 13.8 Å². The number of carbonyl (C=O) groups excluding carboxylic acids is 1. The maximum atomic E-state index is 12.9. The molecule has 0 radical (unpaired) electrons. The summed E-state index contributed by atoms with van der Waals surface area (Å²) < 4.78 is 6.01. The number of aromatic nitrogens is 2. The summed E-state index contributed by atoms with van der Waals surface area (Å²) >= 11 is 5.92. The standard InChI is InChI=1S/C23H24ClN3O2/c1-15-3-8-20(16(2)13-15)21-14-22(26-25-21)23(28)27-11-9-19(10-12-27)29-18-6-4-17(24)5-7-18/h3-8,13-14,19H,9-12H2,1-2H3,(H,25,26). The highest BCUT2D eigenvalue weighted by Gasteiger charge is 2.26. The largest absolute Gasteiger partial charge is 0.490 e. The van der Waals surface area contributed by atoms with Gasteiger partial charge in [0.05, 0.1) is 5.69 Å². The molecule has 0 bridgehead atoms. The van der Waals surface area contributed by atoms with Crippen LogP contribution < -0.4 is 4.74 Å². The van der Waals surface area contributed by atoms with E-state index in [4.69, 9.17) is 16.3 Å². The third-order valence-electron chi connectivity index (χ3n) is 5.31. The van der Waals surface area contributed by atoms with Gasteiger partial charge in [-0.25, -0.2) is 0 Å². The maximum Gasteiger partial charge on any atom is 0.271 e. The minimum atomic E-state index is -0.0153. The smallest absolute Gasteiger partial charge is 0.271 e. The van der Waals surface area contributed by atoms with Crippen LogP contribution >= 0.6 is 11.6 Å². The van der Waals surface area contributed by atoms with E-state index in [0.717, 1.165) is 35.4 Å². The van der Waals surface area contributed by atoms with Gasteiger partial charge >= 0.3 is 0 Å². The van der Waals surface area contributed by atoms with Gasteiger partial charge in [-0.3, -0.25) is 9.89 Å². The molecule has 0 spiro atoms. The third-order valence-corrected chi connectivity index (χ3v) is 5.56. The highest BCUT2D eigenvalue weighted by atomic mass is 35.5.